The molecule has 1 aliphatic heterocycles. The van der Waals surface area contributed by atoms with Crippen molar-refractivity contribution in [2.75, 3.05) is 18.1 Å². The van der Waals surface area contributed by atoms with Crippen molar-refractivity contribution in [1.29, 1.82) is 0 Å². The Kier molecular flexibility index (Phi) is 6.18. The Morgan fingerprint density at radius 1 is 1.30 bits per heavy atom. The Bertz CT molecular complexity index is 614. The maximum absolute atomic E-state index is 12.1. The fraction of sp³-hybridized carbons (Fsp3) is 0.588. The monoisotopic (exact) mass is 338 g/mol. The third-order valence-corrected chi connectivity index (χ3v) is 5.95. The van der Waals surface area contributed by atoms with Crippen LogP contribution in [0.2, 0.25) is 0 Å². The number of hydrogen-bond acceptors (Lipinski definition) is 4. The lowest BCUT2D eigenvalue weighted by atomic mass is 10.1. The van der Waals surface area contributed by atoms with Gasteiger partial charge in [-0.3, -0.25) is 9.69 Å². The molecule has 128 valence electrons. The minimum absolute atomic E-state index is 0.0641. The Morgan fingerprint density at radius 2 is 2.00 bits per heavy atom. The van der Waals surface area contributed by atoms with E-state index in [1.807, 2.05) is 18.2 Å². The van der Waals surface area contributed by atoms with Gasteiger partial charge in [-0.2, -0.15) is 0 Å². The molecule has 0 bridgehead atoms. The van der Waals surface area contributed by atoms with Crippen molar-refractivity contribution in [2.24, 2.45) is 0 Å². The molecular weight excluding hydrogens is 312 g/mol. The quantitative estimate of drug-likeness (QED) is 0.820. The van der Waals surface area contributed by atoms with Crippen molar-refractivity contribution in [1.82, 2.24) is 10.2 Å². The predicted octanol–water partition coefficient (Wildman–Crippen LogP) is 1.59. The molecule has 1 aromatic rings. The van der Waals surface area contributed by atoms with Crippen LogP contribution in [-0.4, -0.2) is 49.4 Å². The first kappa shape index (κ1) is 17.9. The van der Waals surface area contributed by atoms with Crippen molar-refractivity contribution in [3.63, 3.8) is 0 Å². The molecule has 1 N–H and O–H groups in total. The van der Waals surface area contributed by atoms with Gasteiger partial charge < -0.3 is 5.32 Å². The second-order valence-electron chi connectivity index (χ2n) is 6.47. The first-order valence-electron chi connectivity index (χ1n) is 8.13. The number of hydrogen-bond donors (Lipinski definition) is 1. The number of rotatable bonds is 7. The zero-order chi connectivity index (χ0) is 16.9. The molecule has 2 rings (SSSR count). The van der Waals surface area contributed by atoms with Crippen molar-refractivity contribution in [2.45, 2.75) is 45.3 Å². The summed E-state index contributed by atoms with van der Waals surface area (Å²) >= 11 is 0. The molecular formula is C17H26N2O3S. The average Bonchev–Trinajstić information content (AvgIpc) is 2.83. The molecule has 1 saturated heterocycles. The second kappa shape index (κ2) is 7.93. The third kappa shape index (κ3) is 5.95. The Morgan fingerprint density at radius 3 is 2.57 bits per heavy atom. The predicted molar refractivity (Wildman–Crippen MR) is 91.8 cm³/mol. The molecule has 0 spiro atoms. The van der Waals surface area contributed by atoms with E-state index in [1.54, 1.807) is 0 Å². The maximum Gasteiger partial charge on any atom is 0.221 e. The molecule has 0 aliphatic carbocycles. The second-order valence-corrected chi connectivity index (χ2v) is 8.70. The standard InChI is InChI=1S/C17H26N2O3S/c1-14(2)19(12-15-6-4-3-5-7-15)10-8-17(20)18-16-9-11-23(21,22)13-16/h3-7,14,16H,8-13H2,1-2H3,(H,18,20). The fourth-order valence-electron chi connectivity index (χ4n) is 2.79. The third-order valence-electron chi connectivity index (χ3n) is 4.18. The fourth-order valence-corrected chi connectivity index (χ4v) is 4.46. The lowest BCUT2D eigenvalue weighted by Crippen LogP contribution is -2.39. The van der Waals surface area contributed by atoms with Crippen molar-refractivity contribution in [3.05, 3.63) is 35.9 Å². The highest BCUT2D eigenvalue weighted by molar-refractivity contribution is 7.91. The molecule has 1 atom stereocenters. The number of amides is 1. The summed E-state index contributed by atoms with van der Waals surface area (Å²) in [7, 11) is -2.95. The van der Waals surface area contributed by atoms with Crippen LogP contribution >= 0.6 is 0 Å². The van der Waals surface area contributed by atoms with E-state index in [2.05, 4.69) is 36.2 Å². The van der Waals surface area contributed by atoms with E-state index in [-0.39, 0.29) is 23.5 Å². The first-order valence-corrected chi connectivity index (χ1v) is 9.95. The van der Waals surface area contributed by atoms with E-state index in [1.165, 1.54) is 5.56 Å². The lowest BCUT2D eigenvalue weighted by molar-refractivity contribution is -0.122. The zero-order valence-electron chi connectivity index (χ0n) is 13.9. The van der Waals surface area contributed by atoms with Gasteiger partial charge in [0.15, 0.2) is 9.84 Å². The van der Waals surface area contributed by atoms with Gasteiger partial charge in [0.05, 0.1) is 11.5 Å². The SMILES string of the molecule is CC(C)N(CCC(=O)NC1CCS(=O)(=O)C1)Cc1ccccc1. The highest BCUT2D eigenvalue weighted by Gasteiger charge is 2.28. The van der Waals surface area contributed by atoms with Gasteiger partial charge in [-0.25, -0.2) is 8.42 Å². The van der Waals surface area contributed by atoms with E-state index in [4.69, 9.17) is 0 Å². The summed E-state index contributed by atoms with van der Waals surface area (Å²) in [5.41, 5.74) is 1.23. The minimum Gasteiger partial charge on any atom is -0.352 e. The topological polar surface area (TPSA) is 66.5 Å². The molecule has 23 heavy (non-hydrogen) atoms. The van der Waals surface area contributed by atoms with Gasteiger partial charge in [-0.1, -0.05) is 30.3 Å². The Hall–Kier alpha value is -1.40. The van der Waals surface area contributed by atoms with Crippen LogP contribution in [0.1, 0.15) is 32.3 Å². The van der Waals surface area contributed by atoms with E-state index >= 15 is 0 Å². The van der Waals surface area contributed by atoms with E-state index in [9.17, 15) is 13.2 Å². The summed E-state index contributed by atoms with van der Waals surface area (Å²) in [6, 6.07) is 10.3. The van der Waals surface area contributed by atoms with E-state index < -0.39 is 9.84 Å². The highest BCUT2D eigenvalue weighted by Crippen LogP contribution is 2.12. The Labute approximate surface area is 139 Å². The van der Waals surface area contributed by atoms with E-state index in [0.29, 0.717) is 25.4 Å². The van der Waals surface area contributed by atoms with Gasteiger partial charge in [0.25, 0.3) is 0 Å². The van der Waals surface area contributed by atoms with E-state index in [0.717, 1.165) is 6.54 Å². The van der Waals surface area contributed by atoms with Crippen LogP contribution in [0.25, 0.3) is 0 Å². The molecule has 1 aliphatic rings. The summed E-state index contributed by atoms with van der Waals surface area (Å²) in [5.74, 6) is 0.201. The number of sulfone groups is 1. The van der Waals surface area contributed by atoms with Crippen molar-refractivity contribution < 1.29 is 13.2 Å². The van der Waals surface area contributed by atoms with Crippen LogP contribution in [0.5, 0.6) is 0 Å². The molecule has 1 amide bonds. The molecule has 6 heteroatoms. The van der Waals surface area contributed by atoms with Gasteiger partial charge in [0.2, 0.25) is 5.91 Å². The summed E-state index contributed by atoms with van der Waals surface area (Å²) < 4.78 is 22.8. The molecule has 0 saturated carbocycles. The summed E-state index contributed by atoms with van der Waals surface area (Å²) in [6.07, 6.45) is 0.924. The highest BCUT2D eigenvalue weighted by atomic mass is 32.2. The van der Waals surface area contributed by atoms with Crippen molar-refractivity contribution in [3.8, 4) is 0 Å². The Balaban J connectivity index is 1.80. The largest absolute Gasteiger partial charge is 0.352 e. The first-order chi connectivity index (χ1) is 10.9. The lowest BCUT2D eigenvalue weighted by Gasteiger charge is -2.26. The average molecular weight is 338 g/mol. The molecule has 1 fully saturated rings. The number of carbonyl (C=O) groups excluding carboxylic acids is 1. The number of carbonyl (C=O) groups is 1. The molecule has 1 heterocycles. The molecule has 1 aromatic carbocycles. The maximum atomic E-state index is 12.1. The van der Waals surface area contributed by atoms with Gasteiger partial charge in [0.1, 0.15) is 0 Å². The normalized spacial score (nSPS) is 20.1. The van der Waals surface area contributed by atoms with Gasteiger partial charge in [0, 0.05) is 31.6 Å². The number of nitrogens with zero attached hydrogens (tertiary/aromatic N) is 1. The zero-order valence-corrected chi connectivity index (χ0v) is 14.7. The number of benzene rings is 1. The van der Waals surface area contributed by atoms with Crippen LogP contribution < -0.4 is 5.32 Å². The molecule has 0 aromatic heterocycles. The summed E-state index contributed by atoms with van der Waals surface area (Å²) in [4.78, 5) is 14.3. The van der Waals surface area contributed by atoms with Gasteiger partial charge in [-0.15, -0.1) is 0 Å². The minimum atomic E-state index is -2.95. The smallest absolute Gasteiger partial charge is 0.221 e. The van der Waals surface area contributed by atoms with Gasteiger partial charge in [-0.05, 0) is 25.8 Å². The van der Waals surface area contributed by atoms with Crippen molar-refractivity contribution >= 4 is 15.7 Å². The summed E-state index contributed by atoms with van der Waals surface area (Å²) in [6.45, 7) is 5.70. The number of nitrogens with one attached hydrogen (secondary N) is 1. The van der Waals surface area contributed by atoms with Crippen LogP contribution in [0.4, 0.5) is 0 Å². The van der Waals surface area contributed by atoms with Crippen LogP contribution in [0.3, 0.4) is 0 Å². The molecule has 5 nitrogen and oxygen atoms in total. The van der Waals surface area contributed by atoms with Gasteiger partial charge >= 0.3 is 0 Å². The van der Waals surface area contributed by atoms with Crippen LogP contribution in [0.15, 0.2) is 30.3 Å². The summed E-state index contributed by atoms with van der Waals surface area (Å²) in [5, 5.41) is 2.85. The molecule has 1 unspecified atom stereocenters. The van der Waals surface area contributed by atoms with Crippen LogP contribution in [-0.2, 0) is 21.2 Å². The molecule has 0 radical (unpaired) electrons. The van der Waals surface area contributed by atoms with Crippen LogP contribution in [0, 0.1) is 0 Å².